The Morgan fingerprint density at radius 3 is 2.07 bits per heavy atom. The molecule has 0 amide bonds. The molecule has 0 unspecified atom stereocenters. The molecule has 0 bridgehead atoms. The highest BCUT2D eigenvalue weighted by atomic mass is 16.5. The second-order valence-corrected chi connectivity index (χ2v) is 6.56. The molecule has 1 N–H and O–H groups in total. The Morgan fingerprint density at radius 1 is 0.759 bits per heavy atom. The van der Waals surface area contributed by atoms with Crippen LogP contribution in [0.4, 0.5) is 0 Å². The van der Waals surface area contributed by atoms with Crippen molar-refractivity contribution in [3.8, 4) is 17.0 Å². The van der Waals surface area contributed by atoms with E-state index >= 15 is 0 Å². The number of nitrogens with one attached hydrogen (secondary N) is 1. The molecule has 1 aromatic heterocycles. The van der Waals surface area contributed by atoms with Crippen molar-refractivity contribution in [3.05, 3.63) is 117 Å². The van der Waals surface area contributed by atoms with Gasteiger partial charge in [0.25, 0.3) is 5.88 Å². The van der Waals surface area contributed by atoms with Gasteiger partial charge in [0.2, 0.25) is 0 Å². The van der Waals surface area contributed by atoms with Crippen molar-refractivity contribution in [2.24, 2.45) is 0 Å². The molecule has 6 nitrogen and oxygen atoms in total. The predicted molar refractivity (Wildman–Crippen MR) is 111 cm³/mol. The Balaban J connectivity index is 1.52. The minimum Gasteiger partial charge on any atom is -0.468 e. The lowest BCUT2D eigenvalue weighted by molar-refractivity contribution is 0.277. The van der Waals surface area contributed by atoms with Gasteiger partial charge in [0.05, 0.1) is 6.54 Å². The van der Waals surface area contributed by atoms with E-state index in [1.165, 1.54) is 4.68 Å². The smallest absolute Gasteiger partial charge is 0.345 e. The topological polar surface area (TPSA) is 77.0 Å². The van der Waals surface area contributed by atoms with Crippen LogP contribution in [0.25, 0.3) is 11.1 Å². The molecule has 4 rings (SSSR count). The average molecular weight is 385 g/mol. The van der Waals surface area contributed by atoms with E-state index in [1.54, 1.807) is 0 Å². The summed E-state index contributed by atoms with van der Waals surface area (Å²) in [7, 11) is 0. The number of hydrogen-bond acceptors (Lipinski definition) is 4. The summed E-state index contributed by atoms with van der Waals surface area (Å²) < 4.78 is 6.71. The van der Waals surface area contributed by atoms with E-state index < -0.39 is 11.2 Å². The van der Waals surface area contributed by atoms with Gasteiger partial charge in [-0.25, -0.2) is 9.48 Å². The van der Waals surface area contributed by atoms with Gasteiger partial charge in [-0.1, -0.05) is 84.9 Å². The van der Waals surface area contributed by atoms with Gasteiger partial charge in [-0.3, -0.25) is 9.78 Å². The molecule has 1 heterocycles. The molecule has 0 saturated heterocycles. The summed E-state index contributed by atoms with van der Waals surface area (Å²) in [6, 6.07) is 27.3. The van der Waals surface area contributed by atoms with Crippen LogP contribution in [0.3, 0.4) is 0 Å². The fourth-order valence-corrected chi connectivity index (χ4v) is 2.95. The van der Waals surface area contributed by atoms with Gasteiger partial charge < -0.3 is 4.74 Å². The summed E-state index contributed by atoms with van der Waals surface area (Å²) in [5, 5.41) is 4.10. The average Bonchev–Trinajstić information content (AvgIpc) is 2.77. The fourth-order valence-electron chi connectivity index (χ4n) is 2.95. The highest BCUT2D eigenvalue weighted by Crippen LogP contribution is 2.19. The van der Waals surface area contributed by atoms with E-state index in [9.17, 15) is 9.59 Å². The van der Waals surface area contributed by atoms with Crippen molar-refractivity contribution >= 4 is 0 Å². The highest BCUT2D eigenvalue weighted by molar-refractivity contribution is 5.63. The van der Waals surface area contributed by atoms with Crippen LogP contribution < -0.4 is 16.0 Å². The molecule has 3 aromatic carbocycles. The van der Waals surface area contributed by atoms with E-state index in [2.05, 4.69) is 10.1 Å². The summed E-state index contributed by atoms with van der Waals surface area (Å²) in [6.45, 7) is 0.424. The zero-order chi connectivity index (χ0) is 20.1. The molecule has 0 fully saturated rings. The Hall–Kier alpha value is -3.93. The third kappa shape index (κ3) is 4.50. The standard InChI is InChI=1S/C23H19N3O3/c27-21-22(29-16-18-7-3-1-4-8-18)25-26(23(28)24-21)15-17-11-13-20(14-12-17)19-9-5-2-6-10-19/h1-14H,15-16H2,(H,24,27,28). The zero-order valence-electron chi connectivity index (χ0n) is 15.6. The lowest BCUT2D eigenvalue weighted by atomic mass is 10.0. The molecule has 0 aliphatic heterocycles. The van der Waals surface area contributed by atoms with Crippen molar-refractivity contribution in [1.82, 2.24) is 14.8 Å². The van der Waals surface area contributed by atoms with E-state index in [1.807, 2.05) is 84.9 Å². The Bertz CT molecular complexity index is 1200. The maximum Gasteiger partial charge on any atom is 0.345 e. The predicted octanol–water partition coefficient (Wildman–Crippen LogP) is 3.23. The van der Waals surface area contributed by atoms with Crippen LogP contribution >= 0.6 is 0 Å². The zero-order valence-corrected chi connectivity index (χ0v) is 15.6. The maximum absolute atomic E-state index is 12.1. The number of H-pyrrole nitrogens is 1. The second kappa shape index (κ2) is 8.39. The molecule has 4 aromatic rings. The fraction of sp³-hybridized carbons (Fsp3) is 0.0870. The Kier molecular flexibility index (Phi) is 5.33. The molecule has 144 valence electrons. The largest absolute Gasteiger partial charge is 0.468 e. The maximum atomic E-state index is 12.1. The summed E-state index contributed by atoms with van der Waals surface area (Å²) in [5.41, 5.74) is 2.79. The first kappa shape index (κ1) is 18.4. The van der Waals surface area contributed by atoms with E-state index in [0.717, 1.165) is 22.3 Å². The molecule has 0 saturated carbocycles. The quantitative estimate of drug-likeness (QED) is 0.553. The molecule has 0 spiro atoms. The molecule has 6 heteroatoms. The number of aromatic nitrogens is 3. The summed E-state index contributed by atoms with van der Waals surface area (Å²) in [6.07, 6.45) is 0. The third-order valence-corrected chi connectivity index (χ3v) is 4.47. The van der Waals surface area contributed by atoms with Gasteiger partial charge >= 0.3 is 11.2 Å². The van der Waals surface area contributed by atoms with Crippen LogP contribution in [0.5, 0.6) is 5.88 Å². The number of ether oxygens (including phenoxy) is 1. The van der Waals surface area contributed by atoms with Crippen LogP contribution in [0.2, 0.25) is 0 Å². The van der Waals surface area contributed by atoms with E-state index in [0.29, 0.717) is 0 Å². The van der Waals surface area contributed by atoms with Crippen molar-refractivity contribution in [2.75, 3.05) is 0 Å². The molecule has 0 aliphatic rings. The Morgan fingerprint density at radius 2 is 1.38 bits per heavy atom. The number of aromatic amines is 1. The molecular weight excluding hydrogens is 366 g/mol. The Labute approximate surface area is 167 Å². The van der Waals surface area contributed by atoms with Gasteiger partial charge in [-0.2, -0.15) is 0 Å². The molecule has 29 heavy (non-hydrogen) atoms. The monoisotopic (exact) mass is 385 g/mol. The first-order valence-electron chi connectivity index (χ1n) is 9.21. The van der Waals surface area contributed by atoms with Gasteiger partial charge in [-0.15, -0.1) is 5.10 Å². The van der Waals surface area contributed by atoms with Crippen LogP contribution in [0.1, 0.15) is 11.1 Å². The number of hydrogen-bond donors (Lipinski definition) is 1. The SMILES string of the molecule is O=c1[nH]c(=O)n(Cc2ccc(-c3ccccc3)cc2)nc1OCc1ccccc1. The molecule has 0 atom stereocenters. The lowest BCUT2D eigenvalue weighted by Gasteiger charge is -2.09. The van der Waals surface area contributed by atoms with E-state index in [-0.39, 0.29) is 19.0 Å². The second-order valence-electron chi connectivity index (χ2n) is 6.56. The summed E-state index contributed by atoms with van der Waals surface area (Å²) in [5.74, 6) is -0.130. The third-order valence-electron chi connectivity index (χ3n) is 4.47. The molecule has 0 aliphatic carbocycles. The minimum atomic E-state index is -0.637. The van der Waals surface area contributed by atoms with Crippen molar-refractivity contribution < 1.29 is 4.74 Å². The van der Waals surface area contributed by atoms with Gasteiger partial charge in [0, 0.05) is 0 Å². The van der Waals surface area contributed by atoms with Crippen molar-refractivity contribution in [3.63, 3.8) is 0 Å². The van der Waals surface area contributed by atoms with Crippen LogP contribution in [0.15, 0.2) is 94.5 Å². The van der Waals surface area contributed by atoms with Crippen LogP contribution in [-0.2, 0) is 13.2 Å². The number of rotatable bonds is 6. The van der Waals surface area contributed by atoms with Crippen molar-refractivity contribution in [1.29, 1.82) is 0 Å². The van der Waals surface area contributed by atoms with Crippen LogP contribution in [-0.4, -0.2) is 14.8 Å². The van der Waals surface area contributed by atoms with Gasteiger partial charge in [-0.05, 0) is 22.3 Å². The lowest BCUT2D eigenvalue weighted by Crippen LogP contribution is -2.33. The molecular formula is C23H19N3O3. The number of benzene rings is 3. The molecule has 0 radical (unpaired) electrons. The summed E-state index contributed by atoms with van der Waals surface area (Å²) in [4.78, 5) is 26.4. The van der Waals surface area contributed by atoms with Crippen molar-refractivity contribution in [2.45, 2.75) is 13.2 Å². The van der Waals surface area contributed by atoms with Gasteiger partial charge in [0.1, 0.15) is 6.61 Å². The minimum absolute atomic E-state index is 0.130. The van der Waals surface area contributed by atoms with Gasteiger partial charge in [0.15, 0.2) is 0 Å². The first-order valence-corrected chi connectivity index (χ1v) is 9.21. The number of nitrogens with zero attached hydrogens (tertiary/aromatic N) is 2. The normalized spacial score (nSPS) is 10.6. The highest BCUT2D eigenvalue weighted by Gasteiger charge is 2.09. The van der Waals surface area contributed by atoms with E-state index in [4.69, 9.17) is 4.74 Å². The first-order chi connectivity index (χ1) is 14.2. The summed E-state index contributed by atoms with van der Waals surface area (Å²) >= 11 is 0. The van der Waals surface area contributed by atoms with Crippen LogP contribution in [0, 0.1) is 0 Å².